The van der Waals surface area contributed by atoms with Gasteiger partial charge in [0.25, 0.3) is 0 Å². The first-order valence-electron chi connectivity index (χ1n) is 15.1. The number of amides is 2. The van der Waals surface area contributed by atoms with Gasteiger partial charge in [-0.1, -0.05) is 50.3 Å². The Labute approximate surface area is 252 Å². The van der Waals surface area contributed by atoms with Crippen molar-refractivity contribution in [2.24, 2.45) is 23.7 Å². The van der Waals surface area contributed by atoms with Crippen molar-refractivity contribution >= 4 is 28.8 Å². The van der Waals surface area contributed by atoms with Crippen LogP contribution in [0.1, 0.15) is 47.0 Å². The molecule has 11 heteroatoms. The fraction of sp³-hybridized carbons (Fsp3) is 0.594. The molecule has 0 radical (unpaired) electrons. The van der Waals surface area contributed by atoms with Crippen LogP contribution < -0.4 is 0 Å². The van der Waals surface area contributed by atoms with Crippen LogP contribution in [0.25, 0.3) is 11.0 Å². The third kappa shape index (κ3) is 4.86. The van der Waals surface area contributed by atoms with Gasteiger partial charge in [-0.2, -0.15) is 0 Å². The largest absolute Gasteiger partial charge is 0.465 e. The molecule has 7 atom stereocenters. The Balaban J connectivity index is 1.57. The summed E-state index contributed by atoms with van der Waals surface area (Å²) in [5.74, 6) is -3.30. The van der Waals surface area contributed by atoms with Crippen molar-refractivity contribution in [2.45, 2.75) is 76.9 Å². The number of carbonyl (C=O) groups is 3. The third-order valence-corrected chi connectivity index (χ3v) is 9.74. The Hall–Kier alpha value is -3.57. The van der Waals surface area contributed by atoms with Gasteiger partial charge in [0.15, 0.2) is 0 Å². The summed E-state index contributed by atoms with van der Waals surface area (Å²) in [6, 6.07) is 5.74. The molecule has 3 fully saturated rings. The van der Waals surface area contributed by atoms with E-state index in [-0.39, 0.29) is 50.1 Å². The van der Waals surface area contributed by atoms with Crippen molar-refractivity contribution in [1.29, 1.82) is 0 Å². The summed E-state index contributed by atoms with van der Waals surface area (Å²) in [7, 11) is 0. The number of hydrogen-bond acceptors (Lipinski definition) is 8. The number of unbranched alkanes of at least 4 members (excludes halogenated alkanes) is 1. The number of nitrogens with zero attached hydrogens (tertiary/aromatic N) is 5. The van der Waals surface area contributed by atoms with E-state index in [2.05, 4.69) is 23.5 Å². The van der Waals surface area contributed by atoms with Crippen LogP contribution in [0.4, 0.5) is 0 Å². The fourth-order valence-corrected chi connectivity index (χ4v) is 7.51. The van der Waals surface area contributed by atoms with Gasteiger partial charge in [0, 0.05) is 6.54 Å². The van der Waals surface area contributed by atoms with E-state index >= 15 is 0 Å². The van der Waals surface area contributed by atoms with Crippen molar-refractivity contribution < 1.29 is 29.0 Å². The van der Waals surface area contributed by atoms with E-state index in [1.165, 1.54) is 4.90 Å². The first kappa shape index (κ1) is 30.9. The summed E-state index contributed by atoms with van der Waals surface area (Å²) < 4.78 is 14.2. The molecule has 11 nitrogen and oxygen atoms in total. The van der Waals surface area contributed by atoms with E-state index in [0.717, 1.165) is 5.52 Å². The van der Waals surface area contributed by atoms with Gasteiger partial charge in [0.1, 0.15) is 29.7 Å². The Morgan fingerprint density at radius 2 is 2.02 bits per heavy atom. The highest BCUT2D eigenvalue weighted by Gasteiger charge is 2.80. The standard InChI is InChI=1S/C32H43N5O6/c1-7-9-12-16-42-30(41)26-25-28(39)37(24(18-38)20(3)4)27(32(25)17-21(5)31(26,6)43-32)29(40)35(15-8-2)19-36-23-14-11-10-13-22(23)33-34-36/h7-8,10-11,13-14,20-21,24-27,38H,1-2,9,12,15-19H2,3-6H3/t21?,24-,25-,26-,27?,31+,32?/m0/s1. The van der Waals surface area contributed by atoms with Crippen LogP contribution in [0.5, 0.6) is 0 Å². The molecule has 1 aromatic heterocycles. The fourth-order valence-electron chi connectivity index (χ4n) is 7.51. The van der Waals surface area contributed by atoms with Crippen LogP contribution in [0, 0.1) is 23.7 Å². The lowest BCUT2D eigenvalue weighted by Gasteiger charge is -2.40. The number of carbonyl (C=O) groups excluding carboxylic acids is 3. The van der Waals surface area contributed by atoms with E-state index in [1.807, 2.05) is 52.0 Å². The number of hydrogen-bond donors (Lipinski definition) is 1. The lowest BCUT2D eigenvalue weighted by atomic mass is 9.62. The summed E-state index contributed by atoms with van der Waals surface area (Å²) >= 11 is 0. The molecule has 0 saturated carbocycles. The second-order valence-corrected chi connectivity index (χ2v) is 12.6. The van der Waals surface area contributed by atoms with Gasteiger partial charge in [-0.3, -0.25) is 14.4 Å². The summed E-state index contributed by atoms with van der Waals surface area (Å²) in [4.78, 5) is 46.1. The number of aliphatic hydroxyl groups is 1. The third-order valence-electron chi connectivity index (χ3n) is 9.74. The second kappa shape index (κ2) is 11.8. The highest BCUT2D eigenvalue weighted by Crippen LogP contribution is 2.65. The topological polar surface area (TPSA) is 127 Å². The molecule has 232 valence electrons. The molecule has 0 aliphatic carbocycles. The number of benzene rings is 1. The van der Waals surface area contributed by atoms with E-state index in [9.17, 15) is 19.5 Å². The molecule has 3 aliphatic heterocycles. The summed E-state index contributed by atoms with van der Waals surface area (Å²) in [6.45, 7) is 15.3. The first-order valence-corrected chi connectivity index (χ1v) is 15.1. The van der Waals surface area contributed by atoms with Crippen LogP contribution in [-0.4, -0.2) is 90.7 Å². The van der Waals surface area contributed by atoms with Crippen LogP contribution in [0.3, 0.4) is 0 Å². The normalized spacial score (nSPS) is 30.1. The maximum atomic E-state index is 14.8. The minimum Gasteiger partial charge on any atom is -0.465 e. The Morgan fingerprint density at radius 1 is 1.28 bits per heavy atom. The van der Waals surface area contributed by atoms with Gasteiger partial charge in [-0.05, 0) is 50.2 Å². The molecule has 4 heterocycles. The number of aliphatic hydroxyl groups excluding tert-OH is 1. The number of allylic oxidation sites excluding steroid dienone is 1. The Bertz CT molecular complexity index is 1410. The second-order valence-electron chi connectivity index (χ2n) is 12.6. The minimum atomic E-state index is -1.26. The molecular weight excluding hydrogens is 550 g/mol. The van der Waals surface area contributed by atoms with E-state index in [4.69, 9.17) is 9.47 Å². The first-order chi connectivity index (χ1) is 20.5. The number of esters is 1. The van der Waals surface area contributed by atoms with Crippen LogP contribution in [0.15, 0.2) is 49.6 Å². The molecule has 1 spiro atoms. The Morgan fingerprint density at radius 3 is 2.70 bits per heavy atom. The van der Waals surface area contributed by atoms with E-state index in [1.54, 1.807) is 21.7 Å². The average molecular weight is 594 g/mol. The van der Waals surface area contributed by atoms with Crippen molar-refractivity contribution in [3.05, 3.63) is 49.6 Å². The lowest BCUT2D eigenvalue weighted by Crippen LogP contribution is -2.60. The monoisotopic (exact) mass is 593 g/mol. The minimum absolute atomic E-state index is 0.0672. The molecule has 2 bridgehead atoms. The molecule has 3 aliphatic rings. The van der Waals surface area contributed by atoms with Crippen molar-refractivity contribution in [1.82, 2.24) is 24.8 Å². The maximum absolute atomic E-state index is 14.8. The number of fused-ring (bicyclic) bond motifs is 2. The average Bonchev–Trinajstić information content (AvgIpc) is 3.64. The number of ether oxygens (including phenoxy) is 2. The molecule has 43 heavy (non-hydrogen) atoms. The van der Waals surface area contributed by atoms with Gasteiger partial charge < -0.3 is 24.4 Å². The summed E-state index contributed by atoms with van der Waals surface area (Å²) in [5, 5.41) is 19.0. The molecular formula is C32H43N5O6. The number of para-hydroxylation sites is 1. The maximum Gasteiger partial charge on any atom is 0.312 e. The predicted molar refractivity (Wildman–Crippen MR) is 159 cm³/mol. The zero-order valence-electron chi connectivity index (χ0n) is 25.5. The summed E-state index contributed by atoms with van der Waals surface area (Å²) in [6.07, 6.45) is 5.13. The van der Waals surface area contributed by atoms with E-state index in [0.29, 0.717) is 24.8 Å². The van der Waals surface area contributed by atoms with Crippen LogP contribution in [-0.2, 0) is 30.5 Å². The van der Waals surface area contributed by atoms with Gasteiger partial charge >= 0.3 is 5.97 Å². The van der Waals surface area contributed by atoms with Gasteiger partial charge in [0.2, 0.25) is 11.8 Å². The lowest BCUT2D eigenvalue weighted by molar-refractivity contribution is -0.164. The predicted octanol–water partition coefficient (Wildman–Crippen LogP) is 2.94. The van der Waals surface area contributed by atoms with Crippen molar-refractivity contribution in [2.75, 3.05) is 19.8 Å². The molecule has 1 N–H and O–H groups in total. The Kier molecular flexibility index (Phi) is 8.50. The highest BCUT2D eigenvalue weighted by molar-refractivity contribution is 5.98. The quantitative estimate of drug-likeness (QED) is 0.213. The number of likely N-dealkylation sites (tertiary alicyclic amines) is 1. The van der Waals surface area contributed by atoms with Crippen LogP contribution in [0.2, 0.25) is 0 Å². The zero-order valence-corrected chi connectivity index (χ0v) is 25.5. The molecule has 3 unspecified atom stereocenters. The summed E-state index contributed by atoms with van der Waals surface area (Å²) in [5.41, 5.74) is -0.801. The zero-order chi connectivity index (χ0) is 31.1. The number of aromatic nitrogens is 3. The highest BCUT2D eigenvalue weighted by atomic mass is 16.6. The number of rotatable bonds is 13. The van der Waals surface area contributed by atoms with E-state index < -0.39 is 41.1 Å². The smallest absolute Gasteiger partial charge is 0.312 e. The van der Waals surface area contributed by atoms with Crippen molar-refractivity contribution in [3.8, 4) is 0 Å². The molecule has 5 rings (SSSR count). The molecule has 1 aromatic carbocycles. The molecule has 2 aromatic rings. The van der Waals surface area contributed by atoms with Crippen LogP contribution >= 0.6 is 0 Å². The van der Waals surface area contributed by atoms with Gasteiger partial charge in [-0.25, -0.2) is 4.68 Å². The SMILES string of the molecule is C=CCCCOC(=O)[C@@H]1[C@H]2C(=O)N([C@@H](CO)C(C)C)C(C(=O)N(CC=C)Cn3nnc4ccccc43)C23CC(C)[C@@]1(C)O3. The van der Waals surface area contributed by atoms with Gasteiger partial charge in [0.05, 0.1) is 36.3 Å². The van der Waals surface area contributed by atoms with Gasteiger partial charge in [-0.15, -0.1) is 18.3 Å². The van der Waals surface area contributed by atoms with Crippen molar-refractivity contribution in [3.63, 3.8) is 0 Å². The molecule has 3 saturated heterocycles. The molecule has 2 amide bonds.